The predicted octanol–water partition coefficient (Wildman–Crippen LogP) is 3.82. The normalized spacial score (nSPS) is 12.7. The van der Waals surface area contributed by atoms with Crippen LogP contribution >= 0.6 is 0 Å². The number of hydrogen-bond acceptors (Lipinski definition) is 2. The molecule has 2 rings (SSSR count). The van der Waals surface area contributed by atoms with Crippen molar-refractivity contribution in [3.05, 3.63) is 58.0 Å². The van der Waals surface area contributed by atoms with Crippen LogP contribution in [0.5, 0.6) is 0 Å². The third-order valence-electron chi connectivity index (χ3n) is 3.68. The predicted molar refractivity (Wildman–Crippen MR) is 74.8 cm³/mol. The Balaban J connectivity index is 2.37. The second-order valence-electron chi connectivity index (χ2n) is 4.83. The van der Waals surface area contributed by atoms with E-state index in [1.807, 2.05) is 13.8 Å². The lowest BCUT2D eigenvalue weighted by Crippen LogP contribution is -2.13. The van der Waals surface area contributed by atoms with E-state index in [-0.39, 0.29) is 6.04 Å². The largest absolute Gasteiger partial charge is 0.466 e. The number of furan rings is 1. The molecular formula is C16H21NO. The topological polar surface area (TPSA) is 39.2 Å². The molecule has 0 aliphatic heterocycles. The van der Waals surface area contributed by atoms with Crippen LogP contribution in [-0.2, 0) is 6.42 Å². The molecule has 2 heteroatoms. The maximum absolute atomic E-state index is 6.36. The first kappa shape index (κ1) is 12.9. The van der Waals surface area contributed by atoms with Gasteiger partial charge in [0.05, 0.1) is 6.04 Å². The third-order valence-corrected chi connectivity index (χ3v) is 3.68. The molecule has 1 aromatic carbocycles. The van der Waals surface area contributed by atoms with E-state index in [9.17, 15) is 0 Å². The van der Waals surface area contributed by atoms with Gasteiger partial charge in [-0.2, -0.15) is 0 Å². The molecule has 1 unspecified atom stereocenters. The zero-order valence-electron chi connectivity index (χ0n) is 11.6. The summed E-state index contributed by atoms with van der Waals surface area (Å²) in [6.07, 6.45) is 1.05. The van der Waals surface area contributed by atoms with E-state index in [0.717, 1.165) is 29.1 Å². The summed E-state index contributed by atoms with van der Waals surface area (Å²) in [6, 6.07) is 8.42. The van der Waals surface area contributed by atoms with Crippen molar-refractivity contribution in [1.82, 2.24) is 0 Å². The molecule has 1 aromatic heterocycles. The lowest BCUT2D eigenvalue weighted by atomic mass is 9.95. The van der Waals surface area contributed by atoms with Crippen LogP contribution in [0.3, 0.4) is 0 Å². The van der Waals surface area contributed by atoms with E-state index in [1.165, 1.54) is 11.1 Å². The van der Waals surface area contributed by atoms with Crippen molar-refractivity contribution in [3.8, 4) is 0 Å². The van der Waals surface area contributed by atoms with Gasteiger partial charge in [0.2, 0.25) is 0 Å². The van der Waals surface area contributed by atoms with Gasteiger partial charge in [0.1, 0.15) is 11.5 Å². The summed E-state index contributed by atoms with van der Waals surface area (Å²) in [4.78, 5) is 0. The van der Waals surface area contributed by atoms with Gasteiger partial charge in [-0.1, -0.05) is 31.2 Å². The molecule has 0 spiro atoms. The zero-order valence-corrected chi connectivity index (χ0v) is 11.6. The molecule has 0 aliphatic carbocycles. The molecule has 2 N–H and O–H groups in total. The summed E-state index contributed by atoms with van der Waals surface area (Å²) in [5.41, 5.74) is 11.1. The lowest BCUT2D eigenvalue weighted by molar-refractivity contribution is 0.498. The van der Waals surface area contributed by atoms with Crippen LogP contribution in [-0.4, -0.2) is 0 Å². The monoisotopic (exact) mass is 243 g/mol. The van der Waals surface area contributed by atoms with E-state index in [4.69, 9.17) is 10.2 Å². The highest BCUT2D eigenvalue weighted by molar-refractivity contribution is 5.40. The summed E-state index contributed by atoms with van der Waals surface area (Å²) < 4.78 is 5.65. The van der Waals surface area contributed by atoms with E-state index in [0.29, 0.717) is 0 Å². The second-order valence-corrected chi connectivity index (χ2v) is 4.83. The van der Waals surface area contributed by atoms with Crippen LogP contribution < -0.4 is 5.73 Å². The van der Waals surface area contributed by atoms with Gasteiger partial charge in [-0.3, -0.25) is 0 Å². The summed E-state index contributed by atoms with van der Waals surface area (Å²) in [7, 11) is 0. The van der Waals surface area contributed by atoms with Gasteiger partial charge in [0, 0.05) is 5.56 Å². The van der Waals surface area contributed by atoms with Crippen LogP contribution in [0.25, 0.3) is 0 Å². The zero-order chi connectivity index (χ0) is 13.3. The highest BCUT2D eigenvalue weighted by atomic mass is 16.3. The highest BCUT2D eigenvalue weighted by Crippen LogP contribution is 2.29. The molecule has 96 valence electrons. The minimum Gasteiger partial charge on any atom is -0.466 e. The number of nitrogens with two attached hydrogens (primary N) is 1. The summed E-state index contributed by atoms with van der Waals surface area (Å²) in [5.74, 6) is 1.89. The average molecular weight is 243 g/mol. The van der Waals surface area contributed by atoms with E-state index in [2.05, 4.69) is 38.1 Å². The van der Waals surface area contributed by atoms with Crippen molar-refractivity contribution in [2.75, 3.05) is 0 Å². The summed E-state index contributed by atoms with van der Waals surface area (Å²) in [6.45, 7) is 8.19. The third kappa shape index (κ3) is 2.21. The van der Waals surface area contributed by atoms with Gasteiger partial charge in [-0.05, 0) is 43.9 Å². The first-order valence-corrected chi connectivity index (χ1v) is 6.45. The Labute approximate surface area is 109 Å². The second kappa shape index (κ2) is 4.99. The lowest BCUT2D eigenvalue weighted by Gasteiger charge is -2.13. The summed E-state index contributed by atoms with van der Waals surface area (Å²) in [5, 5.41) is 0. The van der Waals surface area contributed by atoms with E-state index in [1.54, 1.807) is 0 Å². The summed E-state index contributed by atoms with van der Waals surface area (Å²) >= 11 is 0. The number of benzene rings is 1. The molecule has 1 heterocycles. The van der Waals surface area contributed by atoms with Gasteiger partial charge in [-0.15, -0.1) is 0 Å². The number of hydrogen-bond donors (Lipinski definition) is 1. The smallest absolute Gasteiger partial charge is 0.106 e. The van der Waals surface area contributed by atoms with Gasteiger partial charge >= 0.3 is 0 Å². The fourth-order valence-electron chi connectivity index (χ4n) is 2.39. The molecule has 0 radical (unpaired) electrons. The van der Waals surface area contributed by atoms with Crippen molar-refractivity contribution in [2.24, 2.45) is 5.73 Å². The van der Waals surface area contributed by atoms with Crippen LogP contribution in [0.2, 0.25) is 0 Å². The van der Waals surface area contributed by atoms with Crippen LogP contribution in [0.15, 0.2) is 28.7 Å². The standard InChI is InChI=1S/C16H21NO/c1-5-13-6-8-14(9-7-13)16(17)15-10(2)11(3)18-12(15)4/h6-9,16H,5,17H2,1-4H3. The molecule has 1 atom stereocenters. The first-order valence-electron chi connectivity index (χ1n) is 6.45. The van der Waals surface area contributed by atoms with Crippen molar-refractivity contribution in [2.45, 2.75) is 40.2 Å². The molecule has 18 heavy (non-hydrogen) atoms. The van der Waals surface area contributed by atoms with Crippen molar-refractivity contribution >= 4 is 0 Å². The Morgan fingerprint density at radius 3 is 2.11 bits per heavy atom. The maximum Gasteiger partial charge on any atom is 0.106 e. The van der Waals surface area contributed by atoms with Crippen molar-refractivity contribution < 1.29 is 4.42 Å². The van der Waals surface area contributed by atoms with E-state index >= 15 is 0 Å². The molecule has 0 saturated heterocycles. The van der Waals surface area contributed by atoms with Crippen molar-refractivity contribution in [3.63, 3.8) is 0 Å². The maximum atomic E-state index is 6.36. The fourth-order valence-corrected chi connectivity index (χ4v) is 2.39. The Bertz CT molecular complexity index is 537. The Kier molecular flexibility index (Phi) is 3.58. The molecule has 2 aromatic rings. The van der Waals surface area contributed by atoms with Gasteiger partial charge in [0.25, 0.3) is 0 Å². The molecule has 0 aliphatic rings. The van der Waals surface area contributed by atoms with Gasteiger partial charge in [0.15, 0.2) is 0 Å². The molecule has 2 nitrogen and oxygen atoms in total. The number of aryl methyl sites for hydroxylation is 3. The number of rotatable bonds is 3. The average Bonchev–Trinajstić information content (AvgIpc) is 2.63. The van der Waals surface area contributed by atoms with Crippen LogP contribution in [0.1, 0.15) is 46.7 Å². The van der Waals surface area contributed by atoms with Crippen molar-refractivity contribution in [1.29, 1.82) is 0 Å². The Hall–Kier alpha value is -1.54. The van der Waals surface area contributed by atoms with E-state index < -0.39 is 0 Å². The minimum absolute atomic E-state index is 0.103. The van der Waals surface area contributed by atoms with Gasteiger partial charge < -0.3 is 10.2 Å². The van der Waals surface area contributed by atoms with Crippen LogP contribution in [0, 0.1) is 20.8 Å². The molecule has 0 fully saturated rings. The quantitative estimate of drug-likeness (QED) is 0.890. The fraction of sp³-hybridized carbons (Fsp3) is 0.375. The molecule has 0 amide bonds. The minimum atomic E-state index is -0.103. The molecular weight excluding hydrogens is 222 g/mol. The Morgan fingerprint density at radius 1 is 1.06 bits per heavy atom. The Morgan fingerprint density at radius 2 is 1.67 bits per heavy atom. The molecule has 0 saturated carbocycles. The van der Waals surface area contributed by atoms with Crippen LogP contribution in [0.4, 0.5) is 0 Å². The first-order chi connectivity index (χ1) is 8.54. The SMILES string of the molecule is CCc1ccc(C(N)c2c(C)oc(C)c2C)cc1. The molecule has 0 bridgehead atoms. The highest BCUT2D eigenvalue weighted by Gasteiger charge is 2.19. The van der Waals surface area contributed by atoms with Gasteiger partial charge in [-0.25, -0.2) is 0 Å².